The highest BCUT2D eigenvalue weighted by atomic mass is 16.2. The van der Waals surface area contributed by atoms with Crippen LogP contribution in [0.1, 0.15) is 41.9 Å². The number of hydrogen-bond donors (Lipinski definition) is 2. The van der Waals surface area contributed by atoms with Gasteiger partial charge in [-0.1, -0.05) is 13.0 Å². The molecule has 1 aliphatic heterocycles. The van der Waals surface area contributed by atoms with Crippen LogP contribution in [0.25, 0.3) is 0 Å². The summed E-state index contributed by atoms with van der Waals surface area (Å²) in [7, 11) is 0. The van der Waals surface area contributed by atoms with E-state index in [4.69, 9.17) is 0 Å². The van der Waals surface area contributed by atoms with Crippen LogP contribution in [-0.2, 0) is 13.1 Å². The van der Waals surface area contributed by atoms with Crippen molar-refractivity contribution in [3.05, 3.63) is 59.4 Å². The van der Waals surface area contributed by atoms with Gasteiger partial charge >= 0.3 is 6.03 Å². The number of pyridine rings is 1. The van der Waals surface area contributed by atoms with Crippen LogP contribution in [0.3, 0.4) is 0 Å². The van der Waals surface area contributed by atoms with Crippen LogP contribution in [-0.4, -0.2) is 27.4 Å². The SMILES string of the molecule is CC[C@](C)(C#N)NC(=O)c1ccc(NC(=O)N2Cc3cccnc3C2)cc1. The largest absolute Gasteiger partial charge is 0.334 e. The smallest absolute Gasteiger partial charge is 0.322 e. The first kappa shape index (κ1) is 18.4. The Bertz CT molecular complexity index is 878. The van der Waals surface area contributed by atoms with Crippen LogP contribution in [0.15, 0.2) is 42.6 Å². The van der Waals surface area contributed by atoms with Crippen LogP contribution in [0.2, 0.25) is 0 Å². The first-order valence-electron chi connectivity index (χ1n) is 8.76. The molecule has 7 nitrogen and oxygen atoms in total. The van der Waals surface area contributed by atoms with Gasteiger partial charge in [0.25, 0.3) is 5.91 Å². The van der Waals surface area contributed by atoms with Crippen molar-refractivity contribution in [3.8, 4) is 6.07 Å². The van der Waals surface area contributed by atoms with Crippen LogP contribution < -0.4 is 10.6 Å². The minimum Gasteiger partial charge on any atom is -0.334 e. The highest BCUT2D eigenvalue weighted by Gasteiger charge is 2.25. The summed E-state index contributed by atoms with van der Waals surface area (Å²) in [6, 6.07) is 12.3. The zero-order valence-electron chi connectivity index (χ0n) is 15.3. The van der Waals surface area contributed by atoms with Crippen LogP contribution >= 0.6 is 0 Å². The van der Waals surface area contributed by atoms with E-state index < -0.39 is 5.54 Å². The van der Waals surface area contributed by atoms with E-state index in [9.17, 15) is 14.9 Å². The summed E-state index contributed by atoms with van der Waals surface area (Å²) < 4.78 is 0. The highest BCUT2D eigenvalue weighted by Crippen LogP contribution is 2.21. The summed E-state index contributed by atoms with van der Waals surface area (Å²) in [5, 5.41) is 14.7. The van der Waals surface area contributed by atoms with E-state index in [1.807, 2.05) is 19.1 Å². The summed E-state index contributed by atoms with van der Waals surface area (Å²) in [6.45, 7) is 4.53. The number of nitriles is 1. The number of hydrogen-bond acceptors (Lipinski definition) is 4. The van der Waals surface area contributed by atoms with Gasteiger partial charge in [-0.3, -0.25) is 9.78 Å². The van der Waals surface area contributed by atoms with Gasteiger partial charge in [0.05, 0.1) is 18.3 Å². The van der Waals surface area contributed by atoms with Crippen molar-refractivity contribution in [2.45, 2.75) is 38.9 Å². The van der Waals surface area contributed by atoms with E-state index in [1.54, 1.807) is 42.3 Å². The molecular weight excluding hydrogens is 342 g/mol. The second-order valence-electron chi connectivity index (χ2n) is 6.72. The lowest BCUT2D eigenvalue weighted by atomic mass is 10.0. The lowest BCUT2D eigenvalue weighted by Crippen LogP contribution is -2.44. The molecule has 0 spiro atoms. The van der Waals surface area contributed by atoms with Crippen molar-refractivity contribution in [2.24, 2.45) is 0 Å². The van der Waals surface area contributed by atoms with Gasteiger partial charge < -0.3 is 15.5 Å². The number of fused-ring (bicyclic) bond motifs is 1. The second-order valence-corrected chi connectivity index (χ2v) is 6.72. The minimum absolute atomic E-state index is 0.215. The molecule has 1 aliphatic rings. The van der Waals surface area contributed by atoms with Crippen molar-refractivity contribution in [1.29, 1.82) is 5.26 Å². The van der Waals surface area contributed by atoms with Gasteiger partial charge in [-0.25, -0.2) is 4.79 Å². The first-order valence-corrected chi connectivity index (χ1v) is 8.76. The van der Waals surface area contributed by atoms with Gasteiger partial charge in [0.2, 0.25) is 0 Å². The summed E-state index contributed by atoms with van der Waals surface area (Å²) >= 11 is 0. The molecule has 3 rings (SSSR count). The predicted octanol–water partition coefficient (Wildman–Crippen LogP) is 3.05. The van der Waals surface area contributed by atoms with Crippen molar-refractivity contribution >= 4 is 17.6 Å². The quantitative estimate of drug-likeness (QED) is 0.872. The molecule has 0 bridgehead atoms. The summed E-state index contributed by atoms with van der Waals surface area (Å²) in [4.78, 5) is 30.7. The van der Waals surface area contributed by atoms with Crippen LogP contribution in [0.5, 0.6) is 0 Å². The van der Waals surface area contributed by atoms with Crippen molar-refractivity contribution in [3.63, 3.8) is 0 Å². The fraction of sp³-hybridized carbons (Fsp3) is 0.300. The minimum atomic E-state index is -0.900. The van der Waals surface area contributed by atoms with E-state index in [1.165, 1.54) is 0 Å². The lowest BCUT2D eigenvalue weighted by Gasteiger charge is -2.21. The van der Waals surface area contributed by atoms with Gasteiger partial charge in [0, 0.05) is 24.0 Å². The van der Waals surface area contributed by atoms with Crippen LogP contribution in [0, 0.1) is 11.3 Å². The number of aromatic nitrogens is 1. The van der Waals surface area contributed by atoms with Crippen molar-refractivity contribution < 1.29 is 9.59 Å². The van der Waals surface area contributed by atoms with Crippen molar-refractivity contribution in [2.75, 3.05) is 5.32 Å². The number of carbonyl (C=O) groups excluding carboxylic acids is 2. The van der Waals surface area contributed by atoms with E-state index in [2.05, 4.69) is 21.7 Å². The third-order valence-electron chi connectivity index (χ3n) is 4.72. The van der Waals surface area contributed by atoms with E-state index in [-0.39, 0.29) is 11.9 Å². The first-order chi connectivity index (χ1) is 12.9. The maximum absolute atomic E-state index is 12.4. The Morgan fingerprint density at radius 2 is 2.00 bits per heavy atom. The number of amides is 3. The Morgan fingerprint density at radius 1 is 1.26 bits per heavy atom. The normalized spacial score (nSPS) is 14.6. The molecule has 1 atom stereocenters. The molecule has 0 radical (unpaired) electrons. The highest BCUT2D eigenvalue weighted by molar-refractivity contribution is 5.96. The zero-order chi connectivity index (χ0) is 19.4. The summed E-state index contributed by atoms with van der Waals surface area (Å²) in [6.07, 6.45) is 2.23. The molecule has 7 heteroatoms. The fourth-order valence-corrected chi connectivity index (χ4v) is 2.77. The Kier molecular flexibility index (Phi) is 5.08. The molecule has 0 unspecified atom stereocenters. The lowest BCUT2D eigenvalue weighted by molar-refractivity contribution is 0.0923. The Morgan fingerprint density at radius 3 is 2.63 bits per heavy atom. The maximum Gasteiger partial charge on any atom is 0.322 e. The van der Waals surface area contributed by atoms with Gasteiger partial charge in [-0.15, -0.1) is 0 Å². The molecule has 138 valence electrons. The van der Waals surface area contributed by atoms with E-state index in [0.29, 0.717) is 30.8 Å². The standard InChI is InChI=1S/C20H21N5O2/c1-3-20(2,13-21)24-18(26)14-6-8-16(9-7-14)23-19(27)25-11-15-5-4-10-22-17(15)12-25/h4-10H,3,11-12H2,1-2H3,(H,23,27)(H,24,26)/t20-/m1/s1. The summed E-state index contributed by atoms with van der Waals surface area (Å²) in [5.74, 6) is -0.320. The molecule has 0 saturated heterocycles. The van der Waals surface area contributed by atoms with Gasteiger partial charge in [0.15, 0.2) is 0 Å². The molecule has 0 saturated carbocycles. The number of rotatable bonds is 4. The number of anilines is 1. The fourth-order valence-electron chi connectivity index (χ4n) is 2.77. The number of carbonyl (C=O) groups is 2. The molecule has 1 aromatic heterocycles. The molecule has 1 aromatic carbocycles. The third kappa shape index (κ3) is 4.06. The van der Waals surface area contributed by atoms with Gasteiger partial charge in [-0.05, 0) is 49.2 Å². The van der Waals surface area contributed by atoms with Gasteiger partial charge in [0.1, 0.15) is 5.54 Å². The summed E-state index contributed by atoms with van der Waals surface area (Å²) in [5.41, 5.74) is 2.09. The molecule has 0 aliphatic carbocycles. The van der Waals surface area contributed by atoms with Crippen molar-refractivity contribution in [1.82, 2.24) is 15.2 Å². The number of nitrogens with one attached hydrogen (secondary N) is 2. The Labute approximate surface area is 158 Å². The molecular formula is C20H21N5O2. The number of nitrogens with zero attached hydrogens (tertiary/aromatic N) is 3. The van der Waals surface area contributed by atoms with E-state index in [0.717, 1.165) is 11.3 Å². The average Bonchev–Trinajstić information content (AvgIpc) is 3.13. The maximum atomic E-state index is 12.4. The predicted molar refractivity (Wildman–Crippen MR) is 101 cm³/mol. The molecule has 0 fully saturated rings. The Hall–Kier alpha value is -3.40. The topological polar surface area (TPSA) is 98.1 Å². The molecule has 2 aromatic rings. The molecule has 2 N–H and O–H groups in total. The second kappa shape index (κ2) is 7.46. The molecule has 2 heterocycles. The number of urea groups is 1. The van der Waals surface area contributed by atoms with E-state index >= 15 is 0 Å². The average molecular weight is 363 g/mol. The molecule has 3 amide bonds. The third-order valence-corrected chi connectivity index (χ3v) is 4.72. The zero-order valence-corrected chi connectivity index (χ0v) is 15.3. The molecule has 27 heavy (non-hydrogen) atoms. The Balaban J connectivity index is 1.61. The van der Waals surface area contributed by atoms with Gasteiger partial charge in [-0.2, -0.15) is 5.26 Å². The van der Waals surface area contributed by atoms with Crippen LogP contribution in [0.4, 0.5) is 10.5 Å². The monoisotopic (exact) mass is 363 g/mol. The number of benzene rings is 1.